The van der Waals surface area contributed by atoms with Gasteiger partial charge in [0.05, 0.1) is 12.3 Å². The summed E-state index contributed by atoms with van der Waals surface area (Å²) >= 11 is 0. The third-order valence-electron chi connectivity index (χ3n) is 4.55. The van der Waals surface area contributed by atoms with Gasteiger partial charge in [-0.05, 0) is 20.3 Å². The average molecular weight is 338 g/mol. The number of carbonyl (C=O) groups excluding carboxylic acids is 1. The highest BCUT2D eigenvalue weighted by molar-refractivity contribution is 5.96. The first-order valence-electron chi connectivity index (χ1n) is 8.29. The van der Waals surface area contributed by atoms with Crippen molar-refractivity contribution in [2.24, 2.45) is 0 Å². The smallest absolute Gasteiger partial charge is 0.180 e. The molecule has 0 saturated carbocycles. The second-order valence-electron chi connectivity index (χ2n) is 6.18. The fourth-order valence-corrected chi connectivity index (χ4v) is 3.04. The van der Waals surface area contributed by atoms with E-state index in [1.807, 2.05) is 54.8 Å². The quantitative estimate of drug-likeness (QED) is 0.697. The first-order chi connectivity index (χ1) is 12.0. The molecule has 3 rings (SSSR count). The molecule has 5 heteroatoms. The molecule has 0 fully saturated rings. The molecule has 25 heavy (non-hydrogen) atoms. The van der Waals surface area contributed by atoms with Crippen molar-refractivity contribution in [1.29, 1.82) is 0 Å². The second-order valence-corrected chi connectivity index (χ2v) is 6.18. The van der Waals surface area contributed by atoms with Gasteiger partial charge in [0.25, 0.3) is 0 Å². The van der Waals surface area contributed by atoms with E-state index in [0.717, 1.165) is 22.5 Å². The summed E-state index contributed by atoms with van der Waals surface area (Å²) in [6.07, 6.45) is 2.71. The molecule has 1 N–H and O–H groups in total. The molecular formula is C20H22N2O3. The lowest BCUT2D eigenvalue weighted by molar-refractivity contribution is 0.0982. The van der Waals surface area contributed by atoms with Gasteiger partial charge < -0.3 is 14.2 Å². The van der Waals surface area contributed by atoms with Gasteiger partial charge in [0.15, 0.2) is 17.2 Å². The van der Waals surface area contributed by atoms with Gasteiger partial charge >= 0.3 is 0 Å². The Morgan fingerprint density at radius 1 is 1.24 bits per heavy atom. The number of pyridine rings is 1. The van der Waals surface area contributed by atoms with Gasteiger partial charge in [-0.15, -0.1) is 0 Å². The number of ether oxygens (including phenoxy) is 1. The number of aromatic nitrogens is 2. The summed E-state index contributed by atoms with van der Waals surface area (Å²) in [4.78, 5) is 16.8. The van der Waals surface area contributed by atoms with Crippen LogP contribution in [-0.4, -0.2) is 27.4 Å². The van der Waals surface area contributed by atoms with Crippen LogP contribution in [0, 0.1) is 13.8 Å². The van der Waals surface area contributed by atoms with E-state index in [4.69, 9.17) is 4.74 Å². The Balaban J connectivity index is 1.95. The molecule has 2 aromatic heterocycles. The van der Waals surface area contributed by atoms with E-state index in [2.05, 4.69) is 4.98 Å². The number of carbonyl (C=O) groups is 1. The number of Topliss-reactive ketones (excluding diaryl/α,β-unsaturated/α-hetero) is 1. The predicted molar refractivity (Wildman–Crippen MR) is 96.1 cm³/mol. The number of benzene rings is 1. The van der Waals surface area contributed by atoms with Gasteiger partial charge in [0.1, 0.15) is 0 Å². The molecule has 0 unspecified atom stereocenters. The van der Waals surface area contributed by atoms with E-state index in [0.29, 0.717) is 30.7 Å². The Morgan fingerprint density at radius 3 is 2.64 bits per heavy atom. The van der Waals surface area contributed by atoms with Crippen LogP contribution < -0.4 is 0 Å². The molecule has 0 radical (unpaired) electrons. The van der Waals surface area contributed by atoms with Crippen LogP contribution in [0.15, 0.2) is 36.5 Å². The molecule has 0 atom stereocenters. The molecule has 0 amide bonds. The average Bonchev–Trinajstić information content (AvgIpc) is 2.91. The van der Waals surface area contributed by atoms with Crippen molar-refractivity contribution in [3.05, 3.63) is 64.6 Å². The van der Waals surface area contributed by atoms with E-state index in [-0.39, 0.29) is 11.5 Å². The molecule has 130 valence electrons. The lowest BCUT2D eigenvalue weighted by Gasteiger charge is -2.13. The van der Waals surface area contributed by atoms with Gasteiger partial charge in [-0.1, -0.05) is 30.3 Å². The first-order valence-corrected chi connectivity index (χ1v) is 8.29. The van der Waals surface area contributed by atoms with Gasteiger partial charge in [-0.2, -0.15) is 0 Å². The predicted octanol–water partition coefficient (Wildman–Crippen LogP) is 3.62. The number of nitrogens with zero attached hydrogens (tertiary/aromatic N) is 2. The van der Waals surface area contributed by atoms with Gasteiger partial charge in [-0.25, -0.2) is 4.98 Å². The Labute approximate surface area is 146 Å². The highest BCUT2D eigenvalue weighted by atomic mass is 16.5. The lowest BCUT2D eigenvalue weighted by Crippen LogP contribution is -2.06. The summed E-state index contributed by atoms with van der Waals surface area (Å²) in [5.74, 6) is 0.186. The SMILES string of the molecule is COCc1cn2c(C)c(C)nc2c(O)c1CCC(=O)c1ccccc1. The fourth-order valence-electron chi connectivity index (χ4n) is 3.04. The van der Waals surface area contributed by atoms with Crippen LogP contribution in [0.1, 0.15) is 39.3 Å². The standard InChI is InChI=1S/C20H22N2O3/c1-13-14(2)22-11-16(12-25-3)17(19(24)20(22)21-13)9-10-18(23)15-7-5-4-6-8-15/h4-8,11,24H,9-10,12H2,1-3H3. The second kappa shape index (κ2) is 7.07. The zero-order valence-corrected chi connectivity index (χ0v) is 14.7. The van der Waals surface area contributed by atoms with Crippen molar-refractivity contribution in [1.82, 2.24) is 9.38 Å². The molecule has 0 aliphatic heterocycles. The van der Waals surface area contributed by atoms with Crippen molar-refractivity contribution < 1.29 is 14.6 Å². The van der Waals surface area contributed by atoms with Gasteiger partial charge in [-0.3, -0.25) is 4.79 Å². The van der Waals surface area contributed by atoms with Crippen molar-refractivity contribution >= 4 is 11.4 Å². The minimum Gasteiger partial charge on any atom is -0.504 e. The summed E-state index contributed by atoms with van der Waals surface area (Å²) in [6, 6.07) is 9.20. The molecule has 0 saturated heterocycles. The van der Waals surface area contributed by atoms with E-state index < -0.39 is 0 Å². The Bertz CT molecular complexity index is 914. The summed E-state index contributed by atoms with van der Waals surface area (Å²) in [5, 5.41) is 10.7. The third kappa shape index (κ3) is 3.28. The molecule has 0 aliphatic carbocycles. The van der Waals surface area contributed by atoms with Crippen molar-refractivity contribution in [2.45, 2.75) is 33.3 Å². The minimum atomic E-state index is 0.0546. The van der Waals surface area contributed by atoms with Crippen molar-refractivity contribution in [2.75, 3.05) is 7.11 Å². The van der Waals surface area contributed by atoms with Crippen LogP contribution in [0.2, 0.25) is 0 Å². The van der Waals surface area contributed by atoms with Gasteiger partial charge in [0.2, 0.25) is 0 Å². The van der Waals surface area contributed by atoms with Crippen LogP contribution in [0.5, 0.6) is 5.75 Å². The molecule has 0 spiro atoms. The Hall–Kier alpha value is -2.66. The van der Waals surface area contributed by atoms with E-state index in [9.17, 15) is 9.90 Å². The number of ketones is 1. The topological polar surface area (TPSA) is 63.8 Å². The summed E-state index contributed by atoms with van der Waals surface area (Å²) in [5.41, 5.74) is 4.66. The summed E-state index contributed by atoms with van der Waals surface area (Å²) < 4.78 is 7.16. The first kappa shape index (κ1) is 17.2. The van der Waals surface area contributed by atoms with Crippen LogP contribution in [0.25, 0.3) is 5.65 Å². The monoisotopic (exact) mass is 338 g/mol. The molecular weight excluding hydrogens is 316 g/mol. The zero-order chi connectivity index (χ0) is 18.0. The van der Waals surface area contributed by atoms with Crippen LogP contribution in [0.4, 0.5) is 0 Å². The zero-order valence-electron chi connectivity index (χ0n) is 14.7. The highest BCUT2D eigenvalue weighted by Gasteiger charge is 2.18. The molecule has 5 nitrogen and oxygen atoms in total. The normalized spacial score (nSPS) is 11.2. The maximum atomic E-state index is 12.4. The van der Waals surface area contributed by atoms with Gasteiger partial charge in [0, 0.05) is 42.1 Å². The van der Waals surface area contributed by atoms with E-state index in [1.165, 1.54) is 0 Å². The number of hydrogen-bond donors (Lipinski definition) is 1. The fraction of sp³-hybridized carbons (Fsp3) is 0.300. The van der Waals surface area contributed by atoms with E-state index >= 15 is 0 Å². The number of fused-ring (bicyclic) bond motifs is 1. The number of aryl methyl sites for hydroxylation is 2. The summed E-state index contributed by atoms with van der Waals surface area (Å²) in [6.45, 7) is 4.25. The minimum absolute atomic E-state index is 0.0546. The Morgan fingerprint density at radius 2 is 1.96 bits per heavy atom. The number of rotatable bonds is 6. The molecule has 1 aromatic carbocycles. The van der Waals surface area contributed by atoms with Crippen LogP contribution in [0.3, 0.4) is 0 Å². The largest absolute Gasteiger partial charge is 0.504 e. The van der Waals surface area contributed by atoms with Crippen LogP contribution in [-0.2, 0) is 17.8 Å². The maximum absolute atomic E-state index is 12.4. The number of methoxy groups -OCH3 is 1. The van der Waals surface area contributed by atoms with Crippen molar-refractivity contribution in [3.63, 3.8) is 0 Å². The molecule has 0 bridgehead atoms. The molecule has 0 aliphatic rings. The van der Waals surface area contributed by atoms with E-state index in [1.54, 1.807) is 7.11 Å². The number of hydrogen-bond acceptors (Lipinski definition) is 4. The summed E-state index contributed by atoms with van der Waals surface area (Å²) in [7, 11) is 1.62. The number of aromatic hydroxyl groups is 1. The third-order valence-corrected chi connectivity index (χ3v) is 4.55. The molecule has 3 aromatic rings. The lowest BCUT2D eigenvalue weighted by atomic mass is 9.99. The highest BCUT2D eigenvalue weighted by Crippen LogP contribution is 2.30. The van der Waals surface area contributed by atoms with Crippen LogP contribution >= 0.6 is 0 Å². The Kier molecular flexibility index (Phi) is 4.86. The molecule has 2 heterocycles. The van der Waals surface area contributed by atoms with Crippen molar-refractivity contribution in [3.8, 4) is 5.75 Å². The number of imidazole rings is 1. The maximum Gasteiger partial charge on any atom is 0.180 e.